The molecule has 1 aliphatic heterocycles. The van der Waals surface area contributed by atoms with Crippen molar-refractivity contribution in [1.82, 2.24) is 0 Å². The first-order chi connectivity index (χ1) is 13.3. The van der Waals surface area contributed by atoms with E-state index < -0.39 is 26.7 Å². The second kappa shape index (κ2) is 7.74. The van der Waals surface area contributed by atoms with Crippen molar-refractivity contribution in [3.63, 3.8) is 0 Å². The number of nitrogens with zero attached hydrogens (tertiary/aromatic N) is 1. The molecule has 1 aromatic carbocycles. The molecule has 29 heavy (non-hydrogen) atoms. The van der Waals surface area contributed by atoms with Gasteiger partial charge in [-0.15, -0.1) is 11.6 Å². The molecule has 7 nitrogen and oxygen atoms in total. The number of carbonyl (C=O) groups excluding carboxylic acids is 2. The lowest BCUT2D eigenvalue weighted by Crippen LogP contribution is -2.39. The third-order valence-electron chi connectivity index (χ3n) is 4.24. The van der Waals surface area contributed by atoms with Gasteiger partial charge in [0.25, 0.3) is 0 Å². The summed E-state index contributed by atoms with van der Waals surface area (Å²) in [5.41, 5.74) is -5.23. The molecular formula is C17H16ClF3N2O5S. The number of rotatable bonds is 4. The normalized spacial score (nSPS) is 18.1. The van der Waals surface area contributed by atoms with E-state index in [1.807, 2.05) is 0 Å². The molecule has 0 aromatic heterocycles. The highest BCUT2D eigenvalue weighted by atomic mass is 35.5. The summed E-state index contributed by atoms with van der Waals surface area (Å²) >= 11 is 6.04. The van der Waals surface area contributed by atoms with Crippen molar-refractivity contribution in [3.8, 4) is 0 Å². The molecule has 158 valence electrons. The highest BCUT2D eigenvalue weighted by Gasteiger charge is 2.46. The number of carbonyl (C=O) groups is 1. The molecule has 0 radical (unpaired) electrons. The van der Waals surface area contributed by atoms with Gasteiger partial charge in [0.1, 0.15) is 11.6 Å². The second-order valence-corrected chi connectivity index (χ2v) is 8.28. The Hall–Kier alpha value is -2.49. The summed E-state index contributed by atoms with van der Waals surface area (Å²) in [6.07, 6.45) is 0. The lowest BCUT2D eigenvalue weighted by molar-refractivity contribution is -0.117. The lowest BCUT2D eigenvalue weighted by atomic mass is 10.0. The molecule has 1 heterocycles. The standard InChI is InChI=1S/C17H16ClF3N2O5S/c1-8-5-9(2)12(6-11(8)22-29(26,27)17(19,20)21)23-10(3)16(28-4)15(25)14(18)13(23)7-24/h5-6,14,22H,1-4H3. The van der Waals surface area contributed by atoms with E-state index in [2.05, 4.69) is 0 Å². The molecule has 0 aliphatic carbocycles. The SMILES string of the molecule is COC1=C(C)N(c2cc(NS(=O)(=O)C(F)(F)F)c(C)cc2C)C(=C=O)C(Cl)C1=O. The van der Waals surface area contributed by atoms with E-state index in [1.165, 1.54) is 36.6 Å². The van der Waals surface area contributed by atoms with Gasteiger partial charge in [-0.05, 0) is 38.0 Å². The van der Waals surface area contributed by atoms with E-state index >= 15 is 0 Å². The van der Waals surface area contributed by atoms with Crippen LogP contribution in [0.4, 0.5) is 24.5 Å². The number of halogens is 4. The van der Waals surface area contributed by atoms with Gasteiger partial charge in [-0.3, -0.25) is 9.52 Å². The van der Waals surface area contributed by atoms with Crippen LogP contribution in [0.5, 0.6) is 0 Å². The van der Waals surface area contributed by atoms with Gasteiger partial charge in [-0.1, -0.05) is 6.07 Å². The Balaban J connectivity index is 2.73. The van der Waals surface area contributed by atoms with E-state index in [4.69, 9.17) is 16.3 Å². The van der Waals surface area contributed by atoms with Crippen molar-refractivity contribution in [2.24, 2.45) is 0 Å². The van der Waals surface area contributed by atoms with Crippen LogP contribution in [0.25, 0.3) is 0 Å². The highest BCUT2D eigenvalue weighted by molar-refractivity contribution is 7.93. The summed E-state index contributed by atoms with van der Waals surface area (Å²) in [6, 6.07) is 2.53. The Bertz CT molecular complexity index is 1060. The molecule has 0 fully saturated rings. The number of aryl methyl sites for hydroxylation is 2. The number of anilines is 2. The number of benzene rings is 1. The van der Waals surface area contributed by atoms with E-state index in [0.717, 1.165) is 6.07 Å². The number of hydrogen-bond donors (Lipinski definition) is 1. The van der Waals surface area contributed by atoms with Crippen LogP contribution in [0.15, 0.2) is 29.3 Å². The number of allylic oxidation sites excluding steroid dienone is 3. The van der Waals surface area contributed by atoms with Crippen molar-refractivity contribution in [2.45, 2.75) is 31.7 Å². The molecule has 1 unspecified atom stereocenters. The maximum Gasteiger partial charge on any atom is 0.516 e. The maximum absolute atomic E-state index is 12.8. The molecule has 0 spiro atoms. The molecule has 0 saturated carbocycles. The summed E-state index contributed by atoms with van der Waals surface area (Å²) in [4.78, 5) is 25.0. The minimum Gasteiger partial charge on any atom is -0.491 e. The van der Waals surface area contributed by atoms with Crippen LogP contribution in [0.1, 0.15) is 18.1 Å². The Morgan fingerprint density at radius 3 is 2.28 bits per heavy atom. The second-order valence-electron chi connectivity index (χ2n) is 6.17. The fourth-order valence-corrected chi connectivity index (χ4v) is 3.73. The van der Waals surface area contributed by atoms with Crippen LogP contribution in [0.3, 0.4) is 0 Å². The van der Waals surface area contributed by atoms with E-state index in [-0.39, 0.29) is 34.1 Å². The van der Waals surface area contributed by atoms with Crippen LogP contribution in [-0.4, -0.2) is 38.1 Å². The lowest BCUT2D eigenvalue weighted by Gasteiger charge is -2.34. The summed E-state index contributed by atoms with van der Waals surface area (Å²) in [5, 5.41) is -1.44. The van der Waals surface area contributed by atoms with E-state index in [9.17, 15) is 31.2 Å². The first-order valence-electron chi connectivity index (χ1n) is 7.95. The highest BCUT2D eigenvalue weighted by Crippen LogP contribution is 2.39. The first kappa shape index (κ1) is 22.8. The van der Waals surface area contributed by atoms with Crippen molar-refractivity contribution in [3.05, 3.63) is 40.4 Å². The predicted octanol–water partition coefficient (Wildman–Crippen LogP) is 3.15. The zero-order valence-electron chi connectivity index (χ0n) is 15.6. The zero-order chi connectivity index (χ0) is 22.3. The van der Waals surface area contributed by atoms with Crippen molar-refractivity contribution >= 4 is 44.7 Å². The minimum absolute atomic E-state index is 0.124. The number of methoxy groups -OCH3 is 1. The molecule has 1 atom stereocenters. The van der Waals surface area contributed by atoms with Crippen LogP contribution >= 0.6 is 11.6 Å². The molecule has 0 bridgehead atoms. The number of Topliss-reactive ketones (excluding diaryl/α,β-unsaturated/α-hetero) is 1. The topological polar surface area (TPSA) is 92.8 Å². The molecule has 1 aliphatic rings. The Kier molecular flexibility index (Phi) is 6.08. The van der Waals surface area contributed by atoms with Gasteiger partial charge in [0.2, 0.25) is 5.78 Å². The van der Waals surface area contributed by atoms with Crippen LogP contribution < -0.4 is 9.62 Å². The Morgan fingerprint density at radius 2 is 1.79 bits per heavy atom. The summed E-state index contributed by atoms with van der Waals surface area (Å²) in [5.74, 6) is 0.745. The van der Waals surface area contributed by atoms with Gasteiger partial charge in [0.15, 0.2) is 11.1 Å². The molecular weight excluding hydrogens is 437 g/mol. The number of nitrogens with one attached hydrogen (secondary N) is 1. The van der Waals surface area contributed by atoms with E-state index in [0.29, 0.717) is 5.56 Å². The summed E-state index contributed by atoms with van der Waals surface area (Å²) < 4.78 is 67.8. The number of hydrogen-bond acceptors (Lipinski definition) is 6. The van der Waals surface area contributed by atoms with Gasteiger partial charge in [0, 0.05) is 0 Å². The zero-order valence-corrected chi connectivity index (χ0v) is 17.2. The molecule has 1 aromatic rings. The monoisotopic (exact) mass is 452 g/mol. The maximum atomic E-state index is 12.8. The number of ether oxygens (including phenoxy) is 1. The van der Waals surface area contributed by atoms with Crippen LogP contribution in [0.2, 0.25) is 0 Å². The third-order valence-corrected chi connectivity index (χ3v) is 5.74. The number of ketones is 1. The molecule has 2 rings (SSSR count). The van der Waals surface area contributed by atoms with E-state index in [1.54, 1.807) is 12.9 Å². The quantitative estimate of drug-likeness (QED) is 0.557. The Morgan fingerprint density at radius 1 is 1.21 bits per heavy atom. The first-order valence-corrected chi connectivity index (χ1v) is 9.87. The van der Waals surface area contributed by atoms with Gasteiger partial charge < -0.3 is 9.64 Å². The van der Waals surface area contributed by atoms with Crippen LogP contribution in [-0.2, 0) is 24.3 Å². The molecule has 1 N–H and O–H groups in total. The van der Waals surface area contributed by atoms with Crippen molar-refractivity contribution in [2.75, 3.05) is 16.7 Å². The summed E-state index contributed by atoms with van der Waals surface area (Å²) in [7, 11) is -4.45. The van der Waals surface area contributed by atoms with Crippen LogP contribution in [0, 0.1) is 13.8 Å². The van der Waals surface area contributed by atoms with Gasteiger partial charge in [0.05, 0.1) is 24.2 Å². The fourth-order valence-electron chi connectivity index (χ4n) is 2.86. The van der Waals surface area contributed by atoms with Crippen molar-refractivity contribution in [1.29, 1.82) is 0 Å². The molecule has 12 heteroatoms. The number of alkyl halides is 4. The third kappa shape index (κ3) is 3.98. The minimum atomic E-state index is -5.67. The van der Waals surface area contributed by atoms with Crippen molar-refractivity contribution < 1.29 is 35.9 Å². The molecule has 0 amide bonds. The average molecular weight is 453 g/mol. The number of sulfonamides is 1. The average Bonchev–Trinajstić information content (AvgIpc) is 2.60. The fraction of sp³-hybridized carbons (Fsp3) is 0.353. The van der Waals surface area contributed by atoms with Gasteiger partial charge in [-0.25, -0.2) is 4.79 Å². The summed E-state index contributed by atoms with van der Waals surface area (Å²) in [6.45, 7) is 4.44. The molecule has 0 saturated heterocycles. The Labute approximate surface area is 169 Å². The predicted molar refractivity (Wildman–Crippen MR) is 101 cm³/mol. The van der Waals surface area contributed by atoms with Gasteiger partial charge >= 0.3 is 15.5 Å². The largest absolute Gasteiger partial charge is 0.516 e. The van der Waals surface area contributed by atoms with Gasteiger partial charge in [-0.2, -0.15) is 21.6 Å². The smallest absolute Gasteiger partial charge is 0.491 e.